The number of ether oxygens (including phenoxy) is 1. The highest BCUT2D eigenvalue weighted by Gasteiger charge is 2.20. The molecular weight excluding hydrogens is 328 g/mol. The molecule has 0 aliphatic heterocycles. The average molecular weight is 343 g/mol. The number of nitrogens with zero attached hydrogens (tertiary/aromatic N) is 2. The molecular formula is C17H15ClN4O2. The van der Waals surface area contributed by atoms with Crippen molar-refractivity contribution in [1.29, 1.82) is 0 Å². The Balaban J connectivity index is 1.88. The van der Waals surface area contributed by atoms with Gasteiger partial charge in [0.05, 0.1) is 5.02 Å². The lowest BCUT2D eigenvalue weighted by Crippen LogP contribution is -2.12. The number of nitrogens with two attached hydrogens (primary N) is 2. The minimum atomic E-state index is -0.432. The molecule has 0 saturated carbocycles. The molecule has 0 radical (unpaired) electrons. The Morgan fingerprint density at radius 1 is 1.17 bits per heavy atom. The van der Waals surface area contributed by atoms with Crippen LogP contribution in [0.2, 0.25) is 5.02 Å². The molecule has 2 aromatic rings. The number of anilines is 2. The van der Waals surface area contributed by atoms with Crippen molar-refractivity contribution >= 4 is 29.0 Å². The van der Waals surface area contributed by atoms with Crippen LogP contribution in [0.3, 0.4) is 0 Å². The zero-order valence-electron chi connectivity index (χ0n) is 12.7. The van der Waals surface area contributed by atoms with Gasteiger partial charge in [-0.25, -0.2) is 9.97 Å². The fraction of sp³-hybridized carbons (Fsp3) is 0.118. The zero-order chi connectivity index (χ0) is 17.1. The largest absolute Gasteiger partial charge is 0.458 e. The van der Waals surface area contributed by atoms with E-state index >= 15 is 0 Å². The first-order chi connectivity index (χ1) is 11.6. The van der Waals surface area contributed by atoms with Gasteiger partial charge < -0.3 is 16.2 Å². The second-order valence-corrected chi connectivity index (χ2v) is 5.59. The van der Waals surface area contributed by atoms with E-state index < -0.39 is 5.78 Å². The van der Waals surface area contributed by atoms with Gasteiger partial charge in [-0.1, -0.05) is 17.7 Å². The maximum Gasteiger partial charge on any atom is 0.201 e. The molecule has 1 heterocycles. The molecule has 0 saturated heterocycles. The SMILES string of the molecule is Nc1ncnc(N)c1C(=O)c1ccc(OC2=CCCC=C2)cc1Cl. The number of hydrogen-bond donors (Lipinski definition) is 2. The van der Waals surface area contributed by atoms with Gasteiger partial charge in [0.2, 0.25) is 5.78 Å². The summed E-state index contributed by atoms with van der Waals surface area (Å²) >= 11 is 6.24. The highest BCUT2D eigenvalue weighted by Crippen LogP contribution is 2.28. The molecule has 7 heteroatoms. The molecule has 0 amide bonds. The first kappa shape index (κ1) is 16.0. The maximum absolute atomic E-state index is 12.6. The van der Waals surface area contributed by atoms with Crippen LogP contribution in [0.5, 0.6) is 5.75 Å². The summed E-state index contributed by atoms with van der Waals surface area (Å²) in [6.07, 6.45) is 9.07. The molecule has 122 valence electrons. The van der Waals surface area contributed by atoms with E-state index in [9.17, 15) is 4.79 Å². The summed E-state index contributed by atoms with van der Waals surface area (Å²) in [5.74, 6) is 0.891. The number of carbonyl (C=O) groups is 1. The number of hydrogen-bond acceptors (Lipinski definition) is 6. The Hall–Kier alpha value is -2.86. The molecule has 4 N–H and O–H groups in total. The third kappa shape index (κ3) is 3.23. The first-order valence-corrected chi connectivity index (χ1v) is 7.69. The van der Waals surface area contributed by atoms with E-state index in [4.69, 9.17) is 27.8 Å². The number of nitrogen functional groups attached to an aromatic ring is 2. The third-order valence-corrected chi connectivity index (χ3v) is 3.83. The van der Waals surface area contributed by atoms with E-state index in [0.717, 1.165) is 18.6 Å². The molecule has 6 nitrogen and oxygen atoms in total. The number of rotatable bonds is 4. The van der Waals surface area contributed by atoms with Gasteiger partial charge in [-0.05, 0) is 37.1 Å². The van der Waals surface area contributed by atoms with Gasteiger partial charge in [0.25, 0.3) is 0 Å². The summed E-state index contributed by atoms with van der Waals surface area (Å²) in [7, 11) is 0. The smallest absolute Gasteiger partial charge is 0.201 e. The van der Waals surface area contributed by atoms with Gasteiger partial charge in [0, 0.05) is 11.6 Å². The van der Waals surface area contributed by atoms with Crippen LogP contribution in [0, 0.1) is 0 Å². The molecule has 0 atom stereocenters. The van der Waals surface area contributed by atoms with Crippen LogP contribution in [0.1, 0.15) is 28.8 Å². The Morgan fingerprint density at radius 2 is 1.92 bits per heavy atom. The van der Waals surface area contributed by atoms with Crippen LogP contribution in [0.4, 0.5) is 11.6 Å². The van der Waals surface area contributed by atoms with Crippen LogP contribution in [0.25, 0.3) is 0 Å². The number of allylic oxidation sites excluding steroid dienone is 3. The Labute approximate surface area is 143 Å². The predicted molar refractivity (Wildman–Crippen MR) is 92.8 cm³/mol. The summed E-state index contributed by atoms with van der Waals surface area (Å²) in [5.41, 5.74) is 11.8. The van der Waals surface area contributed by atoms with E-state index in [0.29, 0.717) is 5.75 Å². The summed E-state index contributed by atoms with van der Waals surface area (Å²) in [6, 6.07) is 4.81. The second-order valence-electron chi connectivity index (χ2n) is 5.18. The van der Waals surface area contributed by atoms with Crippen LogP contribution >= 0.6 is 11.6 Å². The predicted octanol–water partition coefficient (Wildman–Crippen LogP) is 3.14. The normalized spacial score (nSPS) is 13.5. The Bertz CT molecular complexity index is 841. The number of benzene rings is 1. The molecule has 0 fully saturated rings. The highest BCUT2D eigenvalue weighted by atomic mass is 35.5. The van der Waals surface area contributed by atoms with Gasteiger partial charge in [-0.3, -0.25) is 4.79 Å². The minimum absolute atomic E-state index is 0.0152. The van der Waals surface area contributed by atoms with Crippen molar-refractivity contribution in [2.45, 2.75) is 12.8 Å². The lowest BCUT2D eigenvalue weighted by Gasteiger charge is -2.12. The van der Waals surface area contributed by atoms with Crippen molar-refractivity contribution in [3.63, 3.8) is 0 Å². The fourth-order valence-corrected chi connectivity index (χ4v) is 2.58. The molecule has 0 spiro atoms. The topological polar surface area (TPSA) is 104 Å². The van der Waals surface area contributed by atoms with E-state index in [2.05, 4.69) is 9.97 Å². The number of carbonyl (C=O) groups excluding carboxylic acids is 1. The van der Waals surface area contributed by atoms with Crippen molar-refractivity contribution in [2.75, 3.05) is 11.5 Å². The maximum atomic E-state index is 12.6. The zero-order valence-corrected chi connectivity index (χ0v) is 13.5. The first-order valence-electron chi connectivity index (χ1n) is 7.31. The molecule has 1 aromatic carbocycles. The Morgan fingerprint density at radius 3 is 2.54 bits per heavy atom. The lowest BCUT2D eigenvalue weighted by atomic mass is 10.0. The van der Waals surface area contributed by atoms with E-state index in [1.165, 1.54) is 6.33 Å². The van der Waals surface area contributed by atoms with E-state index in [1.54, 1.807) is 18.2 Å². The third-order valence-electron chi connectivity index (χ3n) is 3.51. The summed E-state index contributed by atoms with van der Waals surface area (Å²) in [6.45, 7) is 0. The van der Waals surface area contributed by atoms with Gasteiger partial charge in [0.1, 0.15) is 35.0 Å². The molecule has 3 rings (SSSR count). The van der Waals surface area contributed by atoms with Crippen LogP contribution < -0.4 is 16.2 Å². The highest BCUT2D eigenvalue weighted by molar-refractivity contribution is 6.35. The molecule has 0 unspecified atom stereocenters. The van der Waals surface area contributed by atoms with Gasteiger partial charge in [-0.2, -0.15) is 0 Å². The van der Waals surface area contributed by atoms with E-state index in [1.807, 2.05) is 18.2 Å². The van der Waals surface area contributed by atoms with E-state index in [-0.39, 0.29) is 27.8 Å². The minimum Gasteiger partial charge on any atom is -0.458 e. The van der Waals surface area contributed by atoms with Crippen molar-refractivity contribution in [3.05, 3.63) is 64.7 Å². The second kappa shape index (κ2) is 6.72. The van der Waals surface area contributed by atoms with Crippen LogP contribution in [-0.2, 0) is 0 Å². The molecule has 24 heavy (non-hydrogen) atoms. The van der Waals surface area contributed by atoms with Crippen molar-refractivity contribution in [3.8, 4) is 5.75 Å². The quantitative estimate of drug-likeness (QED) is 0.827. The van der Waals surface area contributed by atoms with Crippen molar-refractivity contribution in [1.82, 2.24) is 9.97 Å². The van der Waals surface area contributed by atoms with Crippen LogP contribution in [0.15, 0.2) is 48.5 Å². The van der Waals surface area contributed by atoms with Gasteiger partial charge >= 0.3 is 0 Å². The van der Waals surface area contributed by atoms with Crippen LogP contribution in [-0.4, -0.2) is 15.8 Å². The van der Waals surface area contributed by atoms with Gasteiger partial charge in [0.15, 0.2) is 0 Å². The molecule has 0 bridgehead atoms. The molecule has 1 aliphatic rings. The summed E-state index contributed by atoms with van der Waals surface area (Å²) in [4.78, 5) is 20.2. The molecule has 1 aliphatic carbocycles. The van der Waals surface area contributed by atoms with Crippen molar-refractivity contribution < 1.29 is 9.53 Å². The number of halogens is 1. The average Bonchev–Trinajstić information content (AvgIpc) is 2.55. The number of ketones is 1. The molecule has 1 aromatic heterocycles. The van der Waals surface area contributed by atoms with Crippen molar-refractivity contribution in [2.24, 2.45) is 0 Å². The Kier molecular flexibility index (Phi) is 4.48. The lowest BCUT2D eigenvalue weighted by molar-refractivity contribution is 0.104. The fourth-order valence-electron chi connectivity index (χ4n) is 2.33. The summed E-state index contributed by atoms with van der Waals surface area (Å²) < 4.78 is 5.73. The summed E-state index contributed by atoms with van der Waals surface area (Å²) in [5, 5.41) is 0.237. The monoisotopic (exact) mass is 342 g/mol. The van der Waals surface area contributed by atoms with Gasteiger partial charge in [-0.15, -0.1) is 0 Å². The number of aromatic nitrogens is 2. The standard InChI is InChI=1S/C17H15ClN4O2/c18-13-8-11(24-10-4-2-1-3-5-10)6-7-12(13)15(23)14-16(19)21-9-22-17(14)20/h2,4-9H,1,3H2,(H4,19,20,21,22).